The number of benzene rings is 1. The normalized spacial score (nSPS) is 14.9. The molecular weight excluding hydrogens is 340 g/mol. The number of thiophene rings is 1. The summed E-state index contributed by atoms with van der Waals surface area (Å²) >= 11 is 1.35. The summed E-state index contributed by atoms with van der Waals surface area (Å²) in [5, 5.41) is 3.27. The zero-order valence-electron chi connectivity index (χ0n) is 12.5. The number of nitrogens with zero attached hydrogens (tertiary/aromatic N) is 1. The van der Waals surface area contributed by atoms with Crippen LogP contribution in [-0.4, -0.2) is 21.5 Å². The molecule has 0 spiro atoms. The molecule has 0 fully saturated rings. The lowest BCUT2D eigenvalue weighted by atomic mass is 10.2. The number of sulfonamides is 1. The standard InChI is InChI=1S/C15H18N2O2S2.ClH/c1-11-9-12(2)20-15(11)21(18,19)17-8-7-16-10-13-5-3-4-6-14(13)17;/h3-6,9,16H,7-8,10H2,1-2H3;1H. The zero-order valence-corrected chi connectivity index (χ0v) is 14.9. The van der Waals surface area contributed by atoms with Crippen molar-refractivity contribution in [2.45, 2.75) is 24.6 Å². The van der Waals surface area contributed by atoms with Crippen LogP contribution in [0.15, 0.2) is 34.5 Å². The molecule has 0 radical (unpaired) electrons. The maximum atomic E-state index is 13.0. The van der Waals surface area contributed by atoms with Gasteiger partial charge in [0.25, 0.3) is 10.0 Å². The Balaban J connectivity index is 0.00000176. The SMILES string of the molecule is Cc1cc(C)c(S(=O)(=O)N2CCNCc3ccccc32)s1.Cl. The van der Waals surface area contributed by atoms with Gasteiger partial charge in [0.1, 0.15) is 4.21 Å². The zero-order chi connectivity index (χ0) is 15.0. The van der Waals surface area contributed by atoms with Crippen molar-refractivity contribution in [3.8, 4) is 0 Å². The third-order valence-electron chi connectivity index (χ3n) is 3.59. The summed E-state index contributed by atoms with van der Waals surface area (Å²) in [5.74, 6) is 0. The van der Waals surface area contributed by atoms with Crippen LogP contribution in [0.2, 0.25) is 0 Å². The summed E-state index contributed by atoms with van der Waals surface area (Å²) in [7, 11) is -3.50. The van der Waals surface area contributed by atoms with Gasteiger partial charge in [-0.3, -0.25) is 4.31 Å². The highest BCUT2D eigenvalue weighted by Crippen LogP contribution is 2.33. The maximum absolute atomic E-state index is 13.0. The van der Waals surface area contributed by atoms with Gasteiger partial charge in [0, 0.05) is 24.5 Å². The Hall–Kier alpha value is -1.08. The molecule has 4 nitrogen and oxygen atoms in total. The molecule has 0 amide bonds. The number of rotatable bonds is 2. The number of hydrogen-bond acceptors (Lipinski definition) is 4. The van der Waals surface area contributed by atoms with E-state index in [2.05, 4.69) is 5.32 Å². The number of halogens is 1. The molecule has 2 heterocycles. The highest BCUT2D eigenvalue weighted by Gasteiger charge is 2.30. The van der Waals surface area contributed by atoms with E-state index in [1.165, 1.54) is 11.3 Å². The molecule has 3 rings (SSSR count). The summed E-state index contributed by atoms with van der Waals surface area (Å²) < 4.78 is 28.1. The van der Waals surface area contributed by atoms with Gasteiger partial charge in [-0.05, 0) is 37.1 Å². The van der Waals surface area contributed by atoms with Crippen molar-refractivity contribution in [1.82, 2.24) is 5.32 Å². The number of para-hydroxylation sites is 1. The minimum atomic E-state index is -3.50. The Morgan fingerprint density at radius 3 is 2.64 bits per heavy atom. The van der Waals surface area contributed by atoms with Gasteiger partial charge in [-0.15, -0.1) is 23.7 Å². The first-order valence-electron chi connectivity index (χ1n) is 6.88. The van der Waals surface area contributed by atoms with Crippen LogP contribution >= 0.6 is 23.7 Å². The fourth-order valence-electron chi connectivity index (χ4n) is 2.65. The van der Waals surface area contributed by atoms with Crippen LogP contribution in [0.4, 0.5) is 5.69 Å². The molecule has 22 heavy (non-hydrogen) atoms. The fraction of sp³-hybridized carbons (Fsp3) is 0.333. The van der Waals surface area contributed by atoms with Crippen LogP contribution in [0.5, 0.6) is 0 Å². The summed E-state index contributed by atoms with van der Waals surface area (Å²) in [4.78, 5) is 1.02. The number of nitrogens with one attached hydrogen (secondary N) is 1. The van der Waals surface area contributed by atoms with Crippen molar-refractivity contribution < 1.29 is 8.42 Å². The van der Waals surface area contributed by atoms with Gasteiger partial charge in [0.15, 0.2) is 0 Å². The average Bonchev–Trinajstić information content (AvgIpc) is 2.68. The molecule has 0 bridgehead atoms. The van der Waals surface area contributed by atoms with Crippen molar-refractivity contribution in [2.75, 3.05) is 17.4 Å². The van der Waals surface area contributed by atoms with E-state index in [0.29, 0.717) is 23.8 Å². The molecule has 1 N–H and O–H groups in total. The van der Waals surface area contributed by atoms with Crippen molar-refractivity contribution >= 4 is 39.5 Å². The second-order valence-corrected chi connectivity index (χ2v) is 8.52. The fourth-order valence-corrected chi connectivity index (χ4v) is 5.92. The van der Waals surface area contributed by atoms with Crippen LogP contribution in [0, 0.1) is 13.8 Å². The third kappa shape index (κ3) is 3.01. The monoisotopic (exact) mass is 358 g/mol. The largest absolute Gasteiger partial charge is 0.311 e. The second-order valence-electron chi connectivity index (χ2n) is 5.21. The number of fused-ring (bicyclic) bond motifs is 1. The summed E-state index contributed by atoms with van der Waals surface area (Å²) in [6.07, 6.45) is 0. The van der Waals surface area contributed by atoms with Crippen molar-refractivity contribution in [3.05, 3.63) is 46.3 Å². The van der Waals surface area contributed by atoms with Crippen LogP contribution in [0.25, 0.3) is 0 Å². The van der Waals surface area contributed by atoms with E-state index in [4.69, 9.17) is 0 Å². The van der Waals surface area contributed by atoms with Gasteiger partial charge in [0.05, 0.1) is 5.69 Å². The molecule has 2 aromatic rings. The van der Waals surface area contributed by atoms with Crippen molar-refractivity contribution in [1.29, 1.82) is 0 Å². The Morgan fingerprint density at radius 2 is 1.95 bits per heavy atom. The molecule has 1 aromatic carbocycles. The van der Waals surface area contributed by atoms with Gasteiger partial charge < -0.3 is 5.32 Å². The Morgan fingerprint density at radius 1 is 1.23 bits per heavy atom. The van der Waals surface area contributed by atoms with E-state index >= 15 is 0 Å². The van der Waals surface area contributed by atoms with Gasteiger partial charge in [-0.2, -0.15) is 0 Å². The van der Waals surface area contributed by atoms with E-state index in [-0.39, 0.29) is 12.4 Å². The Kier molecular flexibility index (Phi) is 5.17. The van der Waals surface area contributed by atoms with Crippen LogP contribution < -0.4 is 9.62 Å². The quantitative estimate of drug-likeness (QED) is 0.897. The molecule has 7 heteroatoms. The number of hydrogen-bond donors (Lipinski definition) is 1. The van der Waals surface area contributed by atoms with Gasteiger partial charge >= 0.3 is 0 Å². The average molecular weight is 359 g/mol. The summed E-state index contributed by atoms with van der Waals surface area (Å²) in [6, 6.07) is 9.62. The molecule has 1 aliphatic rings. The van der Waals surface area contributed by atoms with Gasteiger partial charge in [-0.1, -0.05) is 18.2 Å². The van der Waals surface area contributed by atoms with E-state index < -0.39 is 10.0 Å². The van der Waals surface area contributed by atoms with Crippen molar-refractivity contribution in [2.24, 2.45) is 0 Å². The highest BCUT2D eigenvalue weighted by atomic mass is 35.5. The van der Waals surface area contributed by atoms with Crippen LogP contribution in [0.1, 0.15) is 16.0 Å². The topological polar surface area (TPSA) is 49.4 Å². The van der Waals surface area contributed by atoms with E-state index in [0.717, 1.165) is 21.7 Å². The molecule has 1 aromatic heterocycles. The first kappa shape index (κ1) is 17.3. The second kappa shape index (κ2) is 6.58. The smallest absolute Gasteiger partial charge is 0.274 e. The van der Waals surface area contributed by atoms with Crippen LogP contribution in [0.3, 0.4) is 0 Å². The summed E-state index contributed by atoms with van der Waals surface area (Å²) in [5.41, 5.74) is 2.63. The predicted octanol–water partition coefficient (Wildman–Crippen LogP) is 3.09. The van der Waals surface area contributed by atoms with E-state index in [1.54, 1.807) is 4.31 Å². The lowest BCUT2D eigenvalue weighted by Gasteiger charge is -2.23. The predicted molar refractivity (Wildman–Crippen MR) is 93.7 cm³/mol. The number of anilines is 1. The minimum Gasteiger partial charge on any atom is -0.311 e. The number of aryl methyl sites for hydroxylation is 2. The minimum absolute atomic E-state index is 0. The van der Waals surface area contributed by atoms with Crippen molar-refractivity contribution in [3.63, 3.8) is 0 Å². The molecule has 0 saturated heterocycles. The molecule has 0 atom stereocenters. The first-order chi connectivity index (χ1) is 10.00. The lowest BCUT2D eigenvalue weighted by molar-refractivity contribution is 0.591. The first-order valence-corrected chi connectivity index (χ1v) is 9.14. The molecule has 0 saturated carbocycles. The summed E-state index contributed by atoms with van der Waals surface area (Å²) in [6.45, 7) is 5.60. The molecule has 0 aliphatic carbocycles. The van der Waals surface area contributed by atoms with E-state index in [9.17, 15) is 8.42 Å². The molecular formula is C15H19ClN2O2S2. The lowest BCUT2D eigenvalue weighted by Crippen LogP contribution is -2.34. The maximum Gasteiger partial charge on any atom is 0.274 e. The van der Waals surface area contributed by atoms with Crippen LogP contribution in [-0.2, 0) is 16.6 Å². The Labute approximate surface area is 141 Å². The highest BCUT2D eigenvalue weighted by molar-refractivity contribution is 7.94. The Bertz CT molecular complexity index is 772. The van der Waals surface area contributed by atoms with Gasteiger partial charge in [-0.25, -0.2) is 8.42 Å². The van der Waals surface area contributed by atoms with E-state index in [1.807, 2.05) is 44.2 Å². The third-order valence-corrected chi connectivity index (χ3v) is 7.17. The van der Waals surface area contributed by atoms with Gasteiger partial charge in [0.2, 0.25) is 0 Å². The molecule has 0 unspecified atom stereocenters. The molecule has 1 aliphatic heterocycles. The molecule has 120 valence electrons.